The molecule has 0 bridgehead atoms. The summed E-state index contributed by atoms with van der Waals surface area (Å²) in [5, 5.41) is 2.64. The van der Waals surface area contributed by atoms with Gasteiger partial charge in [0, 0.05) is 18.3 Å². The number of carbonyl (C=O) groups is 3. The van der Waals surface area contributed by atoms with E-state index in [-0.39, 0.29) is 5.91 Å². The zero-order valence-corrected chi connectivity index (χ0v) is 14.1. The Morgan fingerprint density at radius 2 is 1.80 bits per heavy atom. The Bertz CT molecular complexity index is 783. The van der Waals surface area contributed by atoms with Crippen molar-refractivity contribution in [1.29, 1.82) is 0 Å². The van der Waals surface area contributed by atoms with Crippen LogP contribution in [0.3, 0.4) is 0 Å². The SMILES string of the molecule is CC(=O)NCCc1ccc(C(=O)COC(=O)c2c(F)cccc2F)s1. The number of benzene rings is 1. The lowest BCUT2D eigenvalue weighted by molar-refractivity contribution is -0.118. The number of thiophene rings is 1. The summed E-state index contributed by atoms with van der Waals surface area (Å²) in [6.07, 6.45) is 0.567. The number of hydrogen-bond donors (Lipinski definition) is 1. The Morgan fingerprint density at radius 1 is 1.12 bits per heavy atom. The average molecular weight is 367 g/mol. The quantitative estimate of drug-likeness (QED) is 0.603. The molecular weight excluding hydrogens is 352 g/mol. The lowest BCUT2D eigenvalue weighted by atomic mass is 10.2. The smallest absolute Gasteiger partial charge is 0.344 e. The van der Waals surface area contributed by atoms with Crippen LogP contribution in [0.15, 0.2) is 30.3 Å². The molecule has 1 aromatic carbocycles. The maximum absolute atomic E-state index is 13.5. The molecule has 0 unspecified atom stereocenters. The summed E-state index contributed by atoms with van der Waals surface area (Å²) >= 11 is 1.21. The van der Waals surface area contributed by atoms with Crippen molar-refractivity contribution in [3.8, 4) is 0 Å². The minimum atomic E-state index is -1.23. The molecule has 0 saturated heterocycles. The van der Waals surface area contributed by atoms with Crippen LogP contribution in [0.25, 0.3) is 0 Å². The van der Waals surface area contributed by atoms with Crippen LogP contribution in [-0.2, 0) is 16.0 Å². The van der Waals surface area contributed by atoms with Gasteiger partial charge in [0.2, 0.25) is 11.7 Å². The van der Waals surface area contributed by atoms with Gasteiger partial charge in [-0.3, -0.25) is 9.59 Å². The second-order valence-corrected chi connectivity index (χ2v) is 6.26. The molecule has 2 aromatic rings. The van der Waals surface area contributed by atoms with Gasteiger partial charge in [-0.1, -0.05) is 6.07 Å². The second-order valence-electron chi connectivity index (χ2n) is 5.09. The van der Waals surface area contributed by atoms with Crippen molar-refractivity contribution >= 4 is 29.0 Å². The molecule has 132 valence electrons. The molecule has 0 atom stereocenters. The van der Waals surface area contributed by atoms with Crippen molar-refractivity contribution in [1.82, 2.24) is 5.32 Å². The van der Waals surface area contributed by atoms with Crippen LogP contribution in [-0.4, -0.2) is 30.8 Å². The first kappa shape index (κ1) is 18.7. The van der Waals surface area contributed by atoms with Crippen molar-refractivity contribution in [3.05, 3.63) is 57.3 Å². The summed E-state index contributed by atoms with van der Waals surface area (Å²) in [6, 6.07) is 6.30. The van der Waals surface area contributed by atoms with Crippen molar-refractivity contribution < 1.29 is 27.9 Å². The van der Waals surface area contributed by atoms with Crippen LogP contribution < -0.4 is 5.32 Å². The maximum Gasteiger partial charge on any atom is 0.344 e. The van der Waals surface area contributed by atoms with Gasteiger partial charge in [0.05, 0.1) is 4.88 Å². The van der Waals surface area contributed by atoms with E-state index in [4.69, 9.17) is 4.74 Å². The Labute approximate surface area is 146 Å². The third-order valence-corrected chi connectivity index (χ3v) is 4.37. The van der Waals surface area contributed by atoms with E-state index in [0.717, 1.165) is 23.1 Å². The summed E-state index contributed by atoms with van der Waals surface area (Å²) < 4.78 is 31.7. The standard InChI is InChI=1S/C17H15F2NO4S/c1-10(21)20-8-7-11-5-6-15(25-11)14(22)9-24-17(23)16-12(18)3-2-4-13(16)19/h2-6H,7-9H2,1H3,(H,20,21). The fourth-order valence-electron chi connectivity index (χ4n) is 1.99. The van der Waals surface area contributed by atoms with E-state index in [1.807, 2.05) is 0 Å². The summed E-state index contributed by atoms with van der Waals surface area (Å²) in [6.45, 7) is 1.25. The van der Waals surface area contributed by atoms with Gasteiger partial charge < -0.3 is 10.1 Å². The second kappa shape index (κ2) is 8.48. The Morgan fingerprint density at radius 3 is 2.44 bits per heavy atom. The number of rotatable bonds is 7. The zero-order chi connectivity index (χ0) is 18.4. The number of nitrogens with one attached hydrogen (secondary N) is 1. The molecule has 5 nitrogen and oxygen atoms in total. The third kappa shape index (κ3) is 5.18. The van der Waals surface area contributed by atoms with Gasteiger partial charge in [-0.05, 0) is 30.7 Å². The Kier molecular flexibility index (Phi) is 6.35. The molecule has 0 radical (unpaired) electrons. The number of amides is 1. The first-order valence-electron chi connectivity index (χ1n) is 7.36. The Balaban J connectivity index is 1.91. The van der Waals surface area contributed by atoms with E-state index in [0.29, 0.717) is 17.8 Å². The van der Waals surface area contributed by atoms with Crippen LogP contribution in [0, 0.1) is 11.6 Å². The molecule has 25 heavy (non-hydrogen) atoms. The number of Topliss-reactive ketones (excluding diaryl/α,β-unsaturated/α-hetero) is 1. The summed E-state index contributed by atoms with van der Waals surface area (Å²) in [5.41, 5.74) is -0.822. The molecule has 1 aromatic heterocycles. The number of ketones is 1. The summed E-state index contributed by atoms with van der Waals surface area (Å²) in [5.74, 6) is -3.94. The first-order chi connectivity index (χ1) is 11.9. The van der Waals surface area contributed by atoms with Gasteiger partial charge in [-0.25, -0.2) is 13.6 Å². The fourth-order valence-corrected chi connectivity index (χ4v) is 2.92. The van der Waals surface area contributed by atoms with E-state index in [1.165, 1.54) is 18.3 Å². The minimum Gasteiger partial charge on any atom is -0.454 e. The molecule has 2 rings (SSSR count). The largest absolute Gasteiger partial charge is 0.454 e. The minimum absolute atomic E-state index is 0.139. The monoisotopic (exact) mass is 367 g/mol. The van der Waals surface area contributed by atoms with Gasteiger partial charge >= 0.3 is 5.97 Å². The van der Waals surface area contributed by atoms with Crippen LogP contribution in [0.1, 0.15) is 31.8 Å². The molecule has 8 heteroatoms. The van der Waals surface area contributed by atoms with Gasteiger partial charge in [0.1, 0.15) is 17.2 Å². The highest BCUT2D eigenvalue weighted by molar-refractivity contribution is 7.14. The van der Waals surface area contributed by atoms with Gasteiger partial charge in [-0.2, -0.15) is 0 Å². The highest BCUT2D eigenvalue weighted by atomic mass is 32.1. The predicted molar refractivity (Wildman–Crippen MR) is 87.7 cm³/mol. The molecule has 0 aliphatic carbocycles. The van der Waals surface area contributed by atoms with Gasteiger partial charge in [0.15, 0.2) is 6.61 Å². The number of carbonyl (C=O) groups excluding carboxylic acids is 3. The van der Waals surface area contributed by atoms with E-state index < -0.39 is 35.6 Å². The molecule has 1 N–H and O–H groups in total. The van der Waals surface area contributed by atoms with Crippen LogP contribution in [0.2, 0.25) is 0 Å². The van der Waals surface area contributed by atoms with E-state index in [1.54, 1.807) is 12.1 Å². The summed E-state index contributed by atoms with van der Waals surface area (Å²) in [7, 11) is 0. The Hall–Kier alpha value is -2.61. The van der Waals surface area contributed by atoms with Gasteiger partial charge in [-0.15, -0.1) is 11.3 Å². The third-order valence-electron chi connectivity index (χ3n) is 3.18. The topological polar surface area (TPSA) is 72.5 Å². The molecule has 0 aliphatic rings. The molecule has 0 fully saturated rings. The van der Waals surface area contributed by atoms with Crippen LogP contribution in [0.5, 0.6) is 0 Å². The lowest BCUT2D eigenvalue weighted by Crippen LogP contribution is -2.22. The van der Waals surface area contributed by atoms with Crippen molar-refractivity contribution in [2.45, 2.75) is 13.3 Å². The average Bonchev–Trinajstić information content (AvgIpc) is 3.01. The molecule has 0 saturated carbocycles. The van der Waals surface area contributed by atoms with E-state index in [9.17, 15) is 23.2 Å². The highest BCUT2D eigenvalue weighted by Crippen LogP contribution is 2.18. The fraction of sp³-hybridized carbons (Fsp3) is 0.235. The van der Waals surface area contributed by atoms with E-state index in [2.05, 4.69) is 5.32 Å². The lowest BCUT2D eigenvalue weighted by Gasteiger charge is -2.05. The normalized spacial score (nSPS) is 10.4. The summed E-state index contributed by atoms with van der Waals surface area (Å²) in [4.78, 5) is 35.8. The maximum atomic E-state index is 13.5. The molecular formula is C17H15F2NO4S. The van der Waals surface area contributed by atoms with Crippen molar-refractivity contribution in [3.63, 3.8) is 0 Å². The van der Waals surface area contributed by atoms with E-state index >= 15 is 0 Å². The first-order valence-corrected chi connectivity index (χ1v) is 8.17. The molecule has 1 amide bonds. The molecule has 0 spiro atoms. The van der Waals surface area contributed by atoms with Crippen LogP contribution >= 0.6 is 11.3 Å². The van der Waals surface area contributed by atoms with Crippen molar-refractivity contribution in [2.75, 3.05) is 13.2 Å². The number of halogens is 2. The number of esters is 1. The zero-order valence-electron chi connectivity index (χ0n) is 13.3. The number of hydrogen-bond acceptors (Lipinski definition) is 5. The molecule has 0 aliphatic heterocycles. The van der Waals surface area contributed by atoms with Gasteiger partial charge in [0.25, 0.3) is 0 Å². The predicted octanol–water partition coefficient (Wildman–Crippen LogP) is 2.74. The number of ether oxygens (including phenoxy) is 1. The van der Waals surface area contributed by atoms with Crippen LogP contribution in [0.4, 0.5) is 8.78 Å². The van der Waals surface area contributed by atoms with Crippen molar-refractivity contribution in [2.24, 2.45) is 0 Å². The highest BCUT2D eigenvalue weighted by Gasteiger charge is 2.20. The molecule has 1 heterocycles.